The fourth-order valence-electron chi connectivity index (χ4n) is 3.38. The minimum atomic E-state index is -0.595. The highest BCUT2D eigenvalue weighted by atomic mass is 16.5. The van der Waals surface area contributed by atoms with E-state index < -0.39 is 24.1 Å². The molecule has 25 heavy (non-hydrogen) atoms. The lowest BCUT2D eigenvalue weighted by atomic mass is 9.96. The van der Waals surface area contributed by atoms with Crippen LogP contribution in [0.5, 0.6) is 5.75 Å². The molecule has 0 bridgehead atoms. The second-order valence-electron chi connectivity index (χ2n) is 5.97. The average Bonchev–Trinajstić information content (AvgIpc) is 2.78. The zero-order valence-electron chi connectivity index (χ0n) is 14.3. The summed E-state index contributed by atoms with van der Waals surface area (Å²) in [4.78, 5) is 37.6. The number of carbonyl (C=O) groups is 3. The standard InChI is InChI=1S/C18H19NO6/c1-10(20)25-15-8-16(21)19-9-12(18(22)24-3)6-11-7-13(23-2)4-5-14(11)17(15)19/h4-7,15,17H,8-9H2,1-3H3/t15-,17+/m0/s1. The van der Waals surface area contributed by atoms with E-state index in [1.54, 1.807) is 30.2 Å². The molecule has 132 valence electrons. The third-order valence-corrected chi connectivity index (χ3v) is 4.43. The number of esters is 2. The highest BCUT2D eigenvalue weighted by Crippen LogP contribution is 2.41. The molecule has 0 aliphatic carbocycles. The molecular weight excluding hydrogens is 326 g/mol. The number of amides is 1. The van der Waals surface area contributed by atoms with Gasteiger partial charge in [-0.25, -0.2) is 4.79 Å². The van der Waals surface area contributed by atoms with Crippen molar-refractivity contribution in [1.29, 1.82) is 0 Å². The van der Waals surface area contributed by atoms with Gasteiger partial charge in [-0.2, -0.15) is 0 Å². The van der Waals surface area contributed by atoms with Crippen LogP contribution in [-0.4, -0.2) is 49.6 Å². The van der Waals surface area contributed by atoms with Gasteiger partial charge in [0.15, 0.2) is 0 Å². The van der Waals surface area contributed by atoms with E-state index in [0.29, 0.717) is 11.3 Å². The molecule has 1 aromatic carbocycles. The zero-order valence-corrected chi connectivity index (χ0v) is 14.3. The van der Waals surface area contributed by atoms with E-state index in [9.17, 15) is 14.4 Å². The molecule has 2 aliphatic heterocycles. The Morgan fingerprint density at radius 3 is 2.64 bits per heavy atom. The molecule has 0 spiro atoms. The van der Waals surface area contributed by atoms with Crippen molar-refractivity contribution in [3.05, 3.63) is 34.9 Å². The normalized spacial score (nSPS) is 21.6. The molecule has 1 aromatic rings. The van der Waals surface area contributed by atoms with E-state index >= 15 is 0 Å². The predicted molar refractivity (Wildman–Crippen MR) is 87.6 cm³/mol. The number of hydrogen-bond donors (Lipinski definition) is 0. The monoisotopic (exact) mass is 345 g/mol. The van der Waals surface area contributed by atoms with Crippen molar-refractivity contribution in [3.63, 3.8) is 0 Å². The quantitative estimate of drug-likeness (QED) is 0.772. The van der Waals surface area contributed by atoms with Gasteiger partial charge in [-0.3, -0.25) is 9.59 Å². The van der Waals surface area contributed by atoms with Crippen LogP contribution in [0.25, 0.3) is 6.08 Å². The SMILES string of the molecule is COC(=O)C1=Cc2cc(OC)ccc2[C@@H]2[C@@H](OC(C)=O)CC(=O)N2C1. The minimum absolute atomic E-state index is 0.0875. The smallest absolute Gasteiger partial charge is 0.335 e. The molecule has 7 heteroatoms. The summed E-state index contributed by atoms with van der Waals surface area (Å²) in [6, 6.07) is 4.95. The lowest BCUT2D eigenvalue weighted by Gasteiger charge is -2.27. The summed E-state index contributed by atoms with van der Waals surface area (Å²) in [5, 5.41) is 0. The Kier molecular flexibility index (Phi) is 4.48. The van der Waals surface area contributed by atoms with Gasteiger partial charge in [0, 0.05) is 6.92 Å². The fourth-order valence-corrected chi connectivity index (χ4v) is 3.38. The van der Waals surface area contributed by atoms with Crippen molar-refractivity contribution in [2.75, 3.05) is 20.8 Å². The Morgan fingerprint density at radius 1 is 1.24 bits per heavy atom. The number of methoxy groups -OCH3 is 2. The van der Waals surface area contributed by atoms with E-state index in [4.69, 9.17) is 14.2 Å². The van der Waals surface area contributed by atoms with E-state index in [1.165, 1.54) is 14.0 Å². The molecule has 1 amide bonds. The highest BCUT2D eigenvalue weighted by molar-refractivity contribution is 5.96. The van der Waals surface area contributed by atoms with Crippen LogP contribution in [0, 0.1) is 0 Å². The van der Waals surface area contributed by atoms with Crippen molar-refractivity contribution in [3.8, 4) is 5.75 Å². The first-order chi connectivity index (χ1) is 11.9. The van der Waals surface area contributed by atoms with Crippen LogP contribution in [0.3, 0.4) is 0 Å². The topological polar surface area (TPSA) is 82.1 Å². The van der Waals surface area contributed by atoms with Crippen molar-refractivity contribution in [1.82, 2.24) is 4.90 Å². The number of ether oxygens (including phenoxy) is 3. The van der Waals surface area contributed by atoms with Crippen LogP contribution < -0.4 is 4.74 Å². The van der Waals surface area contributed by atoms with Gasteiger partial charge in [0.1, 0.15) is 11.9 Å². The third-order valence-electron chi connectivity index (χ3n) is 4.43. The van der Waals surface area contributed by atoms with Gasteiger partial charge in [-0.1, -0.05) is 6.07 Å². The Morgan fingerprint density at radius 2 is 2.00 bits per heavy atom. The van der Waals surface area contributed by atoms with Gasteiger partial charge >= 0.3 is 11.9 Å². The summed E-state index contributed by atoms with van der Waals surface area (Å²) in [6.45, 7) is 1.42. The summed E-state index contributed by atoms with van der Waals surface area (Å²) in [5.74, 6) is -0.492. The van der Waals surface area contributed by atoms with Gasteiger partial charge in [0.25, 0.3) is 0 Å². The number of nitrogens with zero attached hydrogens (tertiary/aromatic N) is 1. The molecule has 0 saturated carbocycles. The van der Waals surface area contributed by atoms with Crippen LogP contribution >= 0.6 is 0 Å². The van der Waals surface area contributed by atoms with Crippen LogP contribution in [0.15, 0.2) is 23.8 Å². The van der Waals surface area contributed by atoms with Crippen molar-refractivity contribution >= 4 is 23.9 Å². The molecular formula is C18H19NO6. The maximum Gasteiger partial charge on any atom is 0.335 e. The summed E-state index contributed by atoms with van der Waals surface area (Å²) in [5.41, 5.74) is 1.90. The Bertz CT molecular complexity index is 769. The number of hydrogen-bond acceptors (Lipinski definition) is 6. The van der Waals surface area contributed by atoms with Gasteiger partial charge in [-0.05, 0) is 29.3 Å². The number of rotatable bonds is 3. The van der Waals surface area contributed by atoms with E-state index in [2.05, 4.69) is 0 Å². The van der Waals surface area contributed by atoms with Crippen LogP contribution in [0.1, 0.15) is 30.5 Å². The third kappa shape index (κ3) is 3.09. The zero-order chi connectivity index (χ0) is 18.1. The van der Waals surface area contributed by atoms with Gasteiger partial charge in [-0.15, -0.1) is 0 Å². The van der Waals surface area contributed by atoms with Crippen molar-refractivity contribution in [2.24, 2.45) is 0 Å². The van der Waals surface area contributed by atoms with Gasteiger partial charge in [0.05, 0.1) is 38.8 Å². The van der Waals surface area contributed by atoms with E-state index in [0.717, 1.165) is 11.1 Å². The molecule has 0 aromatic heterocycles. The van der Waals surface area contributed by atoms with E-state index in [1.807, 2.05) is 6.07 Å². The molecule has 2 aliphatic rings. The number of benzene rings is 1. The molecule has 3 rings (SSSR count). The molecule has 2 atom stereocenters. The Balaban J connectivity index is 2.12. The summed E-state index contributed by atoms with van der Waals surface area (Å²) >= 11 is 0. The molecule has 7 nitrogen and oxygen atoms in total. The van der Waals surface area contributed by atoms with Crippen molar-refractivity contribution in [2.45, 2.75) is 25.5 Å². The summed E-state index contributed by atoms with van der Waals surface area (Å²) in [6.07, 6.45) is 1.19. The lowest BCUT2D eigenvalue weighted by Crippen LogP contribution is -2.33. The fraction of sp³-hybridized carbons (Fsp3) is 0.389. The maximum absolute atomic E-state index is 12.5. The van der Waals surface area contributed by atoms with Gasteiger partial charge < -0.3 is 19.1 Å². The first-order valence-electron chi connectivity index (χ1n) is 7.88. The summed E-state index contributed by atoms with van der Waals surface area (Å²) in [7, 11) is 2.85. The Labute approximate surface area is 145 Å². The molecule has 1 fully saturated rings. The predicted octanol–water partition coefficient (Wildman–Crippen LogP) is 1.47. The van der Waals surface area contributed by atoms with Crippen molar-refractivity contribution < 1.29 is 28.6 Å². The minimum Gasteiger partial charge on any atom is -0.497 e. The highest BCUT2D eigenvalue weighted by Gasteiger charge is 2.45. The summed E-state index contributed by atoms with van der Waals surface area (Å²) < 4.78 is 15.5. The van der Waals surface area contributed by atoms with Crippen LogP contribution in [0.2, 0.25) is 0 Å². The van der Waals surface area contributed by atoms with Crippen LogP contribution in [-0.2, 0) is 23.9 Å². The number of fused-ring (bicyclic) bond motifs is 3. The Hall–Kier alpha value is -2.83. The molecule has 0 N–H and O–H groups in total. The van der Waals surface area contributed by atoms with Crippen LogP contribution in [0.4, 0.5) is 0 Å². The van der Waals surface area contributed by atoms with E-state index in [-0.39, 0.29) is 18.9 Å². The molecule has 0 unspecified atom stereocenters. The largest absolute Gasteiger partial charge is 0.497 e. The maximum atomic E-state index is 12.5. The second-order valence-corrected chi connectivity index (χ2v) is 5.97. The first-order valence-corrected chi connectivity index (χ1v) is 7.88. The van der Waals surface area contributed by atoms with Gasteiger partial charge in [0.2, 0.25) is 5.91 Å². The average molecular weight is 345 g/mol. The lowest BCUT2D eigenvalue weighted by molar-refractivity contribution is -0.147. The number of carbonyl (C=O) groups excluding carboxylic acids is 3. The molecule has 1 saturated heterocycles. The molecule has 0 radical (unpaired) electrons. The molecule has 2 heterocycles. The first kappa shape index (κ1) is 17.0. The second kappa shape index (κ2) is 6.58.